The smallest absolute Gasteiger partial charge is 0.275 e. The van der Waals surface area contributed by atoms with Crippen LogP contribution in [0.25, 0.3) is 10.9 Å². The summed E-state index contributed by atoms with van der Waals surface area (Å²) in [4.78, 5) is 29.5. The van der Waals surface area contributed by atoms with Crippen LogP contribution in [0.1, 0.15) is 55.9 Å². The van der Waals surface area contributed by atoms with E-state index in [1.165, 1.54) is 12.8 Å². The number of nitrogens with one attached hydrogen (secondary N) is 1. The van der Waals surface area contributed by atoms with E-state index in [2.05, 4.69) is 5.32 Å². The fraction of sp³-hybridized carbons (Fsp3) is 0.407. The summed E-state index contributed by atoms with van der Waals surface area (Å²) in [6, 6.07) is 17.4. The minimum Gasteiger partial charge on any atom is -0.497 e. The second-order valence-corrected chi connectivity index (χ2v) is 9.45. The lowest BCUT2D eigenvalue weighted by molar-refractivity contribution is -0.127. The zero-order valence-corrected chi connectivity index (χ0v) is 19.3. The van der Waals surface area contributed by atoms with Crippen LogP contribution >= 0.6 is 0 Å². The predicted octanol–water partition coefficient (Wildman–Crippen LogP) is 4.91. The maximum Gasteiger partial charge on any atom is 0.275 e. The van der Waals surface area contributed by atoms with Gasteiger partial charge in [0.25, 0.3) is 5.91 Å². The average molecular weight is 446 g/mol. The molecule has 1 aliphatic heterocycles. The third-order valence-electron chi connectivity index (χ3n) is 7.18. The summed E-state index contributed by atoms with van der Waals surface area (Å²) in [7, 11) is 1.60. The van der Waals surface area contributed by atoms with Crippen LogP contribution in [-0.4, -0.2) is 35.1 Å². The van der Waals surface area contributed by atoms with E-state index >= 15 is 0 Å². The number of fused-ring (bicyclic) bond motifs is 3. The summed E-state index contributed by atoms with van der Waals surface area (Å²) in [6.07, 6.45) is 6.69. The van der Waals surface area contributed by atoms with Gasteiger partial charge >= 0.3 is 0 Å². The minimum atomic E-state index is -1.08. The number of aromatic nitrogens is 1. The zero-order valence-electron chi connectivity index (χ0n) is 19.3. The van der Waals surface area contributed by atoms with Gasteiger partial charge in [-0.25, -0.2) is 0 Å². The fourth-order valence-electron chi connectivity index (χ4n) is 5.36. The second kappa shape index (κ2) is 8.58. The average Bonchev–Trinajstić information content (AvgIpc) is 2.99. The van der Waals surface area contributed by atoms with Crippen LogP contribution in [0.4, 0.5) is 5.69 Å². The zero-order chi connectivity index (χ0) is 23.0. The number of nitrogens with zero attached hydrogens (tertiary/aromatic N) is 2. The summed E-state index contributed by atoms with van der Waals surface area (Å²) in [5, 5.41) is 4.31. The SMILES string of the molecule is COc1cccc(N2C(=O)c3cc4ccccc4n3CC2(C)C(=O)NC2CCCCCC2)c1. The molecule has 2 aliphatic rings. The number of para-hydroxylation sites is 1. The van der Waals surface area contributed by atoms with Crippen molar-refractivity contribution < 1.29 is 14.3 Å². The van der Waals surface area contributed by atoms with Crippen molar-refractivity contribution in [1.29, 1.82) is 0 Å². The lowest BCUT2D eigenvalue weighted by Crippen LogP contribution is -2.65. The van der Waals surface area contributed by atoms with E-state index in [4.69, 9.17) is 4.74 Å². The molecule has 6 heteroatoms. The van der Waals surface area contributed by atoms with Crippen LogP contribution in [0.15, 0.2) is 54.6 Å². The van der Waals surface area contributed by atoms with Gasteiger partial charge in [0.15, 0.2) is 0 Å². The number of hydrogen-bond donors (Lipinski definition) is 1. The Labute approximate surface area is 194 Å². The molecule has 1 aromatic heterocycles. The van der Waals surface area contributed by atoms with Gasteiger partial charge in [-0.3, -0.25) is 14.5 Å². The van der Waals surface area contributed by atoms with Gasteiger partial charge in [-0.2, -0.15) is 0 Å². The van der Waals surface area contributed by atoms with E-state index in [1.807, 2.05) is 66.1 Å². The van der Waals surface area contributed by atoms with Crippen LogP contribution in [0.3, 0.4) is 0 Å². The van der Waals surface area contributed by atoms with Crippen molar-refractivity contribution in [3.8, 4) is 5.75 Å². The number of hydrogen-bond acceptors (Lipinski definition) is 3. The van der Waals surface area contributed by atoms with Crippen molar-refractivity contribution in [3.05, 3.63) is 60.3 Å². The van der Waals surface area contributed by atoms with Gasteiger partial charge in [0, 0.05) is 28.7 Å². The first-order valence-electron chi connectivity index (χ1n) is 11.9. The van der Waals surface area contributed by atoms with Crippen molar-refractivity contribution in [2.24, 2.45) is 0 Å². The Hall–Kier alpha value is -3.28. The summed E-state index contributed by atoms with van der Waals surface area (Å²) in [5.74, 6) is 0.371. The minimum absolute atomic E-state index is 0.103. The molecule has 1 atom stereocenters. The number of benzene rings is 2. The van der Waals surface area contributed by atoms with Crippen LogP contribution < -0.4 is 15.0 Å². The van der Waals surface area contributed by atoms with E-state index in [-0.39, 0.29) is 17.9 Å². The van der Waals surface area contributed by atoms with Crippen LogP contribution in [0.2, 0.25) is 0 Å². The Morgan fingerprint density at radius 1 is 1.03 bits per heavy atom. The number of amides is 2. The van der Waals surface area contributed by atoms with Crippen molar-refractivity contribution in [2.75, 3.05) is 12.0 Å². The van der Waals surface area contributed by atoms with Crippen molar-refractivity contribution >= 4 is 28.4 Å². The molecule has 1 N–H and O–H groups in total. The largest absolute Gasteiger partial charge is 0.497 e. The quantitative estimate of drug-likeness (QED) is 0.581. The monoisotopic (exact) mass is 445 g/mol. The lowest BCUT2D eigenvalue weighted by Gasteiger charge is -2.44. The first-order chi connectivity index (χ1) is 16.0. The molecular weight excluding hydrogens is 414 g/mol. The maximum atomic E-state index is 13.9. The number of methoxy groups -OCH3 is 1. The first-order valence-corrected chi connectivity index (χ1v) is 11.9. The number of anilines is 1. The molecule has 0 spiro atoms. The van der Waals surface area contributed by atoms with E-state index < -0.39 is 5.54 Å². The molecule has 5 rings (SSSR count). The molecule has 0 saturated heterocycles. The molecule has 0 bridgehead atoms. The van der Waals surface area contributed by atoms with E-state index in [0.717, 1.165) is 36.6 Å². The number of ether oxygens (including phenoxy) is 1. The normalized spacial score (nSPS) is 21.5. The van der Waals surface area contributed by atoms with Crippen molar-refractivity contribution in [1.82, 2.24) is 9.88 Å². The highest BCUT2D eigenvalue weighted by atomic mass is 16.5. The topological polar surface area (TPSA) is 63.6 Å². The van der Waals surface area contributed by atoms with Crippen LogP contribution in [-0.2, 0) is 11.3 Å². The molecular formula is C27H31N3O3. The summed E-state index contributed by atoms with van der Waals surface area (Å²) in [5.41, 5.74) is 1.15. The molecule has 2 amide bonds. The predicted molar refractivity (Wildman–Crippen MR) is 130 cm³/mol. The Morgan fingerprint density at radius 3 is 2.55 bits per heavy atom. The molecule has 33 heavy (non-hydrogen) atoms. The highest BCUT2D eigenvalue weighted by Crippen LogP contribution is 2.37. The summed E-state index contributed by atoms with van der Waals surface area (Å²) in [6.45, 7) is 2.27. The first kappa shape index (κ1) is 21.6. The van der Waals surface area contributed by atoms with Gasteiger partial charge in [0.05, 0.1) is 13.7 Å². The van der Waals surface area contributed by atoms with Crippen LogP contribution in [0.5, 0.6) is 5.75 Å². The van der Waals surface area contributed by atoms with E-state index in [1.54, 1.807) is 12.0 Å². The molecule has 6 nitrogen and oxygen atoms in total. The van der Waals surface area contributed by atoms with Gasteiger partial charge in [0.2, 0.25) is 5.91 Å². The number of carbonyl (C=O) groups is 2. The molecule has 1 fully saturated rings. The Kier molecular flexibility index (Phi) is 5.60. The molecule has 2 heterocycles. The summed E-state index contributed by atoms with van der Waals surface area (Å²) < 4.78 is 7.42. The lowest BCUT2D eigenvalue weighted by atomic mass is 9.92. The van der Waals surface area contributed by atoms with Gasteiger partial charge in [-0.1, -0.05) is 49.9 Å². The number of rotatable bonds is 4. The Bertz CT molecular complexity index is 1190. The van der Waals surface area contributed by atoms with Crippen molar-refractivity contribution in [2.45, 2.75) is 63.6 Å². The van der Waals surface area contributed by atoms with E-state index in [0.29, 0.717) is 23.7 Å². The third-order valence-corrected chi connectivity index (χ3v) is 7.18. The van der Waals surface area contributed by atoms with Crippen molar-refractivity contribution in [3.63, 3.8) is 0 Å². The molecule has 2 aromatic carbocycles. The molecule has 1 unspecified atom stereocenters. The van der Waals surface area contributed by atoms with Gasteiger partial charge < -0.3 is 14.6 Å². The fourth-order valence-corrected chi connectivity index (χ4v) is 5.36. The molecule has 1 saturated carbocycles. The molecule has 3 aromatic rings. The Morgan fingerprint density at radius 2 is 1.79 bits per heavy atom. The summed E-state index contributed by atoms with van der Waals surface area (Å²) >= 11 is 0. The highest BCUT2D eigenvalue weighted by Gasteiger charge is 2.49. The maximum absolute atomic E-state index is 13.9. The van der Waals surface area contributed by atoms with E-state index in [9.17, 15) is 9.59 Å². The highest BCUT2D eigenvalue weighted by molar-refractivity contribution is 6.14. The van der Waals surface area contributed by atoms with Gasteiger partial charge in [-0.15, -0.1) is 0 Å². The number of carbonyl (C=O) groups excluding carboxylic acids is 2. The van der Waals surface area contributed by atoms with Gasteiger partial charge in [-0.05, 0) is 44.0 Å². The van der Waals surface area contributed by atoms with Crippen LogP contribution in [0, 0.1) is 0 Å². The molecule has 0 radical (unpaired) electrons. The third kappa shape index (κ3) is 3.77. The molecule has 1 aliphatic carbocycles. The second-order valence-electron chi connectivity index (χ2n) is 9.45. The molecule has 172 valence electrons. The standard InChI is InChI=1S/C27H31N3O3/c1-27(26(32)28-20-11-5-3-4-6-12-20)18-29-23-15-8-7-10-19(23)16-24(29)25(31)30(27)21-13-9-14-22(17-21)33-2/h7-10,13-17,20H,3-6,11-12,18H2,1-2H3,(H,28,32). The van der Waals surface area contributed by atoms with Gasteiger partial charge in [0.1, 0.15) is 17.0 Å². The Balaban J connectivity index is 1.60.